The van der Waals surface area contributed by atoms with E-state index in [9.17, 15) is 4.79 Å². The van der Waals surface area contributed by atoms with Crippen LogP contribution in [-0.2, 0) is 22.5 Å². The van der Waals surface area contributed by atoms with Gasteiger partial charge in [-0.25, -0.2) is 4.99 Å². The average Bonchev–Trinajstić information content (AvgIpc) is 3.39. The molecule has 41 heavy (non-hydrogen) atoms. The summed E-state index contributed by atoms with van der Waals surface area (Å²) in [5.74, 6) is 0.825. The lowest BCUT2D eigenvalue weighted by Crippen LogP contribution is -2.49. The first kappa shape index (κ1) is 28.9. The number of amides is 1. The summed E-state index contributed by atoms with van der Waals surface area (Å²) in [5, 5.41) is 12.8. The molecule has 1 amide bonds. The maximum Gasteiger partial charge on any atom is 0.252 e. The molecule has 0 saturated heterocycles. The van der Waals surface area contributed by atoms with Crippen molar-refractivity contribution in [1.29, 1.82) is 0 Å². The van der Waals surface area contributed by atoms with Gasteiger partial charge in [-0.1, -0.05) is 88.2 Å². The Bertz CT molecular complexity index is 1500. The first-order valence-corrected chi connectivity index (χ1v) is 14.6. The van der Waals surface area contributed by atoms with E-state index in [1.54, 1.807) is 12.1 Å². The number of nitrogens with zero attached hydrogens (tertiary/aromatic N) is 1. The predicted octanol–water partition coefficient (Wildman–Crippen LogP) is 6.68. The van der Waals surface area contributed by atoms with Gasteiger partial charge in [0.25, 0.3) is 5.91 Å². The molecular weight excluding hydrogens is 604 g/mol. The van der Waals surface area contributed by atoms with Crippen LogP contribution in [0.1, 0.15) is 34.8 Å². The molecule has 5 rings (SSSR count). The van der Waals surface area contributed by atoms with Crippen LogP contribution >= 0.6 is 27.5 Å². The molecule has 0 aromatic heterocycles. The zero-order valence-electron chi connectivity index (χ0n) is 22.3. The molecule has 2 N–H and O–H groups in total. The molecule has 0 aliphatic carbocycles. The minimum absolute atomic E-state index is 0.0727. The monoisotopic (exact) mass is 632 g/mol. The minimum Gasteiger partial charge on any atom is -0.494 e. The molecule has 0 saturated carbocycles. The van der Waals surface area contributed by atoms with E-state index in [1.807, 2.05) is 91.0 Å². The second kappa shape index (κ2) is 13.3. The molecule has 1 heterocycles. The quantitative estimate of drug-likeness (QED) is 0.181. The smallest absolute Gasteiger partial charge is 0.252 e. The van der Waals surface area contributed by atoms with Gasteiger partial charge in [0.15, 0.2) is 11.6 Å². The number of ether oxygens (including phenoxy) is 2. The van der Waals surface area contributed by atoms with Gasteiger partial charge >= 0.3 is 0 Å². The van der Waals surface area contributed by atoms with E-state index in [-0.39, 0.29) is 12.5 Å². The summed E-state index contributed by atoms with van der Waals surface area (Å²) in [6.45, 7) is 0.815. The number of hydrogen-bond donors (Lipinski definition) is 2. The van der Waals surface area contributed by atoms with Crippen molar-refractivity contribution >= 4 is 39.3 Å². The summed E-state index contributed by atoms with van der Waals surface area (Å²) in [5.41, 5.74) is 2.17. The van der Waals surface area contributed by atoms with E-state index >= 15 is 0 Å². The lowest BCUT2D eigenvalue weighted by atomic mass is 9.82. The van der Waals surface area contributed by atoms with E-state index in [0.717, 1.165) is 26.7 Å². The Morgan fingerprint density at radius 3 is 2.39 bits per heavy atom. The number of aliphatic hydroxyl groups is 1. The third-order valence-corrected chi connectivity index (χ3v) is 7.94. The number of hydrogen-bond acceptors (Lipinski definition) is 5. The molecule has 0 fully saturated rings. The van der Waals surface area contributed by atoms with E-state index < -0.39 is 11.6 Å². The van der Waals surface area contributed by atoms with Crippen molar-refractivity contribution in [3.8, 4) is 5.75 Å². The molecule has 4 aromatic rings. The van der Waals surface area contributed by atoms with Gasteiger partial charge in [-0.15, -0.1) is 0 Å². The van der Waals surface area contributed by atoms with Gasteiger partial charge in [0.1, 0.15) is 5.75 Å². The summed E-state index contributed by atoms with van der Waals surface area (Å²) in [7, 11) is 0. The Kier molecular flexibility index (Phi) is 9.39. The summed E-state index contributed by atoms with van der Waals surface area (Å²) in [4.78, 5) is 19.4. The highest BCUT2D eigenvalue weighted by Gasteiger charge is 2.53. The van der Waals surface area contributed by atoms with Gasteiger partial charge in [0.2, 0.25) is 5.90 Å². The van der Waals surface area contributed by atoms with Crippen LogP contribution in [0.5, 0.6) is 5.75 Å². The first-order valence-electron chi connectivity index (χ1n) is 13.4. The first-order chi connectivity index (χ1) is 20.0. The summed E-state index contributed by atoms with van der Waals surface area (Å²) >= 11 is 9.73. The number of carbonyl (C=O) groups excluding carboxylic acids is 1. The normalized spacial score (nSPS) is 17.9. The van der Waals surface area contributed by atoms with Gasteiger partial charge in [-0.3, -0.25) is 4.79 Å². The van der Waals surface area contributed by atoms with E-state index in [4.69, 9.17) is 31.2 Å². The number of aliphatic imine (C=N–C) groups is 1. The molecule has 210 valence electrons. The highest BCUT2D eigenvalue weighted by molar-refractivity contribution is 9.10. The van der Waals surface area contributed by atoms with Crippen molar-refractivity contribution in [2.24, 2.45) is 4.99 Å². The van der Waals surface area contributed by atoms with Gasteiger partial charge in [0.05, 0.1) is 6.61 Å². The van der Waals surface area contributed by atoms with Crippen molar-refractivity contribution in [3.63, 3.8) is 0 Å². The highest BCUT2D eigenvalue weighted by Crippen LogP contribution is 2.43. The Hall–Kier alpha value is -3.65. The van der Waals surface area contributed by atoms with Crippen molar-refractivity contribution in [2.45, 2.75) is 31.0 Å². The zero-order valence-corrected chi connectivity index (χ0v) is 24.6. The minimum atomic E-state index is -1.29. The maximum absolute atomic E-state index is 14.3. The summed E-state index contributed by atoms with van der Waals surface area (Å²) < 4.78 is 13.2. The number of carbonyl (C=O) groups is 1. The molecule has 1 aliphatic rings. The Labute approximate surface area is 253 Å². The number of rotatable bonds is 11. The van der Waals surface area contributed by atoms with E-state index in [0.29, 0.717) is 42.7 Å². The highest BCUT2D eigenvalue weighted by atomic mass is 79.9. The standard InChI is InChI=1S/C33H30BrClN2O4/c34-29-10-5-4-9-26(29)21-33(32(39)36-22-23-11-15-27(35)16-12-23)30(24-7-2-1-3-8-24)41-31(37-33)25-13-17-28(18-14-25)40-20-6-19-38/h1-5,7-18,30,38H,6,19-22H2,(H,36,39)/t30-,33-/m1/s1. The fourth-order valence-electron chi connectivity index (χ4n) is 4.78. The third-order valence-electron chi connectivity index (χ3n) is 6.92. The largest absolute Gasteiger partial charge is 0.494 e. The van der Waals surface area contributed by atoms with Gasteiger partial charge in [-0.2, -0.15) is 0 Å². The molecule has 0 bridgehead atoms. The fraction of sp³-hybridized carbons (Fsp3) is 0.212. The molecule has 0 spiro atoms. The Balaban J connectivity index is 1.54. The van der Waals surface area contributed by atoms with Crippen LogP contribution in [0.4, 0.5) is 0 Å². The Morgan fingerprint density at radius 1 is 0.976 bits per heavy atom. The van der Waals surface area contributed by atoms with Crippen LogP contribution in [0.2, 0.25) is 5.02 Å². The topological polar surface area (TPSA) is 80.2 Å². The zero-order chi connectivity index (χ0) is 28.7. The number of halogens is 2. The van der Waals surface area contributed by atoms with Crippen molar-refractivity contribution in [1.82, 2.24) is 5.32 Å². The lowest BCUT2D eigenvalue weighted by Gasteiger charge is -2.31. The summed E-state index contributed by atoms with van der Waals surface area (Å²) in [6.07, 6.45) is 0.196. The van der Waals surface area contributed by atoms with Crippen LogP contribution in [-0.4, -0.2) is 35.7 Å². The lowest BCUT2D eigenvalue weighted by molar-refractivity contribution is -0.129. The van der Waals surface area contributed by atoms with Crippen LogP contribution in [0.15, 0.2) is 113 Å². The van der Waals surface area contributed by atoms with Crippen molar-refractivity contribution in [2.75, 3.05) is 13.2 Å². The number of nitrogens with one attached hydrogen (secondary N) is 1. The van der Waals surface area contributed by atoms with Gasteiger partial charge in [-0.05, 0) is 59.2 Å². The van der Waals surface area contributed by atoms with Crippen LogP contribution in [0.3, 0.4) is 0 Å². The third kappa shape index (κ3) is 6.81. The number of aliphatic hydroxyl groups excluding tert-OH is 1. The summed E-state index contributed by atoms with van der Waals surface area (Å²) in [6, 6.07) is 32.4. The molecule has 4 aromatic carbocycles. The van der Waals surface area contributed by atoms with E-state index in [1.165, 1.54) is 0 Å². The molecule has 0 radical (unpaired) electrons. The SMILES string of the molecule is O=C(NCc1ccc(Cl)cc1)[C@]1(Cc2ccccc2Br)N=C(c2ccc(OCCCO)cc2)O[C@@H]1c1ccccc1. The Morgan fingerprint density at radius 2 is 1.68 bits per heavy atom. The molecule has 2 atom stereocenters. The van der Waals surface area contributed by atoms with Gasteiger partial charge < -0.3 is 19.9 Å². The fourth-order valence-corrected chi connectivity index (χ4v) is 5.33. The second-order valence-electron chi connectivity index (χ2n) is 9.78. The molecule has 1 aliphatic heterocycles. The second-order valence-corrected chi connectivity index (χ2v) is 11.1. The van der Waals surface area contributed by atoms with Gasteiger partial charge in [0, 0.05) is 41.1 Å². The molecule has 6 nitrogen and oxygen atoms in total. The molecule has 8 heteroatoms. The predicted molar refractivity (Wildman–Crippen MR) is 164 cm³/mol. The van der Waals surface area contributed by atoms with E-state index in [2.05, 4.69) is 21.2 Å². The maximum atomic E-state index is 14.3. The van der Waals surface area contributed by atoms with Crippen LogP contribution in [0, 0.1) is 0 Å². The van der Waals surface area contributed by atoms with Crippen molar-refractivity contribution < 1.29 is 19.4 Å². The van der Waals surface area contributed by atoms with Crippen LogP contribution in [0.25, 0.3) is 0 Å². The number of benzene rings is 4. The molecule has 0 unspecified atom stereocenters. The average molecular weight is 634 g/mol. The van der Waals surface area contributed by atoms with Crippen molar-refractivity contribution in [3.05, 3.63) is 135 Å². The molecular formula is C33H30BrClN2O4. The van der Waals surface area contributed by atoms with Crippen LogP contribution < -0.4 is 10.1 Å².